The number of rotatable bonds is 6. The van der Waals surface area contributed by atoms with E-state index < -0.39 is 18.4 Å². The number of imidazole rings is 1. The van der Waals surface area contributed by atoms with Crippen LogP contribution in [0.4, 0.5) is 0 Å². The highest BCUT2D eigenvalue weighted by Crippen LogP contribution is 2.29. The maximum absolute atomic E-state index is 12.7. The molecule has 0 spiro atoms. The molecule has 2 aromatic heterocycles. The largest absolute Gasteiger partial charge is 0.480 e. The highest BCUT2D eigenvalue weighted by molar-refractivity contribution is 6.10. The van der Waals surface area contributed by atoms with Gasteiger partial charge in [0.05, 0.1) is 11.0 Å². The predicted molar refractivity (Wildman–Crippen MR) is 115 cm³/mol. The molecule has 31 heavy (non-hydrogen) atoms. The third kappa shape index (κ3) is 3.83. The Labute approximate surface area is 177 Å². The van der Waals surface area contributed by atoms with Crippen molar-refractivity contribution in [2.24, 2.45) is 0 Å². The summed E-state index contributed by atoms with van der Waals surface area (Å²) in [6, 6.07) is 14.3. The second-order valence-corrected chi connectivity index (χ2v) is 7.21. The van der Waals surface area contributed by atoms with E-state index in [1.54, 1.807) is 37.3 Å². The number of aliphatic carboxylic acids is 1. The van der Waals surface area contributed by atoms with Crippen LogP contribution in [0.1, 0.15) is 37.7 Å². The van der Waals surface area contributed by atoms with Crippen molar-refractivity contribution in [2.75, 3.05) is 6.54 Å². The van der Waals surface area contributed by atoms with Crippen LogP contribution in [-0.4, -0.2) is 44.3 Å². The molecule has 2 heterocycles. The van der Waals surface area contributed by atoms with Crippen LogP contribution in [0.15, 0.2) is 48.5 Å². The smallest absolute Gasteiger partial charge is 0.322 e. The third-order valence-electron chi connectivity index (χ3n) is 5.08. The number of H-pyrrole nitrogens is 2. The lowest BCUT2D eigenvalue weighted by Gasteiger charge is -2.02. The summed E-state index contributed by atoms with van der Waals surface area (Å²) in [7, 11) is 0. The summed E-state index contributed by atoms with van der Waals surface area (Å²) >= 11 is 0. The molecule has 0 bridgehead atoms. The molecule has 2 aromatic carbocycles. The number of hydrogen-bond donors (Lipinski definition) is 4. The minimum atomic E-state index is -1.12. The van der Waals surface area contributed by atoms with E-state index in [9.17, 15) is 14.4 Å². The average Bonchev–Trinajstić information content (AvgIpc) is 3.31. The second kappa shape index (κ2) is 7.91. The number of aromatic amines is 2. The number of aromatic nitrogens is 3. The molecule has 1 amide bonds. The quantitative estimate of drug-likeness (QED) is 0.359. The fourth-order valence-corrected chi connectivity index (χ4v) is 3.60. The van der Waals surface area contributed by atoms with E-state index in [1.165, 1.54) is 0 Å². The number of nitrogens with zero attached hydrogens (tertiary/aromatic N) is 1. The molecule has 0 unspecified atom stereocenters. The Morgan fingerprint density at radius 1 is 1.00 bits per heavy atom. The molecule has 4 rings (SSSR count). The molecule has 0 atom stereocenters. The number of benzene rings is 2. The Balaban J connectivity index is 1.69. The fourth-order valence-electron chi connectivity index (χ4n) is 3.60. The van der Waals surface area contributed by atoms with Crippen molar-refractivity contribution < 1.29 is 19.5 Å². The summed E-state index contributed by atoms with van der Waals surface area (Å²) in [5.74, 6) is -1.14. The predicted octanol–water partition coefficient (Wildman–Crippen LogP) is 3.22. The molecule has 0 aliphatic rings. The van der Waals surface area contributed by atoms with Gasteiger partial charge in [0.2, 0.25) is 0 Å². The van der Waals surface area contributed by atoms with Gasteiger partial charge in [-0.05, 0) is 37.6 Å². The van der Waals surface area contributed by atoms with Gasteiger partial charge >= 0.3 is 5.97 Å². The van der Waals surface area contributed by atoms with Crippen molar-refractivity contribution in [3.63, 3.8) is 0 Å². The first-order chi connectivity index (χ1) is 14.8. The summed E-state index contributed by atoms with van der Waals surface area (Å²) in [5.41, 5.74) is 4.92. The highest BCUT2D eigenvalue weighted by Gasteiger charge is 2.21. The van der Waals surface area contributed by atoms with Crippen molar-refractivity contribution in [3.05, 3.63) is 76.6 Å². The number of fused-ring (bicyclic) bond motifs is 1. The Bertz CT molecular complexity index is 1320. The number of amides is 1. The molecule has 8 heteroatoms. The lowest BCUT2D eigenvalue weighted by Crippen LogP contribution is -2.29. The van der Waals surface area contributed by atoms with Crippen LogP contribution in [0.3, 0.4) is 0 Å². The minimum Gasteiger partial charge on any atom is -0.480 e. The number of hydrogen-bond acceptors (Lipinski definition) is 4. The summed E-state index contributed by atoms with van der Waals surface area (Å²) < 4.78 is 0. The number of nitrogens with one attached hydrogen (secondary N) is 3. The molecule has 8 nitrogen and oxygen atoms in total. The van der Waals surface area contributed by atoms with Gasteiger partial charge in [0.25, 0.3) is 5.91 Å². The van der Waals surface area contributed by atoms with Crippen LogP contribution in [0, 0.1) is 13.8 Å². The van der Waals surface area contributed by atoms with E-state index in [1.807, 2.05) is 25.1 Å². The number of ketones is 1. The normalized spacial score (nSPS) is 10.9. The third-order valence-corrected chi connectivity index (χ3v) is 5.08. The van der Waals surface area contributed by atoms with Crippen LogP contribution in [0.25, 0.3) is 22.4 Å². The average molecular weight is 416 g/mol. The van der Waals surface area contributed by atoms with Crippen LogP contribution in [0.2, 0.25) is 0 Å². The Morgan fingerprint density at radius 2 is 1.74 bits per heavy atom. The second-order valence-electron chi connectivity index (χ2n) is 7.21. The summed E-state index contributed by atoms with van der Waals surface area (Å²) in [5, 5.41) is 11.1. The maximum Gasteiger partial charge on any atom is 0.322 e. The lowest BCUT2D eigenvalue weighted by atomic mass is 10.0. The molecule has 0 saturated carbocycles. The van der Waals surface area contributed by atoms with Crippen LogP contribution < -0.4 is 5.32 Å². The topological polar surface area (TPSA) is 128 Å². The minimum absolute atomic E-state index is 0.0848. The Kier molecular flexibility index (Phi) is 5.12. The van der Waals surface area contributed by atoms with Gasteiger partial charge in [-0.2, -0.15) is 0 Å². The van der Waals surface area contributed by atoms with Gasteiger partial charge in [-0.1, -0.05) is 30.3 Å². The molecule has 0 aliphatic heterocycles. The first-order valence-electron chi connectivity index (χ1n) is 9.64. The standard InChI is InChI=1S/C23H20N4O4/c1-12-19(13(2)25-20(12)23(31)24-11-18(28)29)22-26-16-9-8-15(10-17(16)27-22)21(30)14-6-4-3-5-7-14/h3-10,25H,11H2,1-2H3,(H,24,31)(H,26,27)(H,28,29). The van der Waals surface area contributed by atoms with E-state index in [4.69, 9.17) is 5.11 Å². The molecular weight excluding hydrogens is 396 g/mol. The van der Waals surface area contributed by atoms with Crippen molar-refractivity contribution in [1.82, 2.24) is 20.3 Å². The SMILES string of the molecule is Cc1[nH]c(C(=O)NCC(=O)O)c(C)c1-c1nc2cc(C(=O)c3ccccc3)ccc2[nH]1. The molecular formula is C23H20N4O4. The number of aryl methyl sites for hydroxylation is 1. The number of carboxylic acids is 1. The fraction of sp³-hybridized carbons (Fsp3) is 0.130. The van der Waals surface area contributed by atoms with E-state index in [-0.39, 0.29) is 11.5 Å². The van der Waals surface area contributed by atoms with Gasteiger partial charge in [0.15, 0.2) is 5.78 Å². The maximum atomic E-state index is 12.7. The zero-order valence-electron chi connectivity index (χ0n) is 16.9. The molecule has 156 valence electrons. The first-order valence-corrected chi connectivity index (χ1v) is 9.64. The molecule has 4 N–H and O–H groups in total. The van der Waals surface area contributed by atoms with Gasteiger partial charge in [0, 0.05) is 22.4 Å². The van der Waals surface area contributed by atoms with E-state index >= 15 is 0 Å². The van der Waals surface area contributed by atoms with E-state index in [0.717, 1.165) is 16.8 Å². The monoisotopic (exact) mass is 416 g/mol. The van der Waals surface area contributed by atoms with Gasteiger partial charge in [-0.15, -0.1) is 0 Å². The zero-order chi connectivity index (χ0) is 22.1. The summed E-state index contributed by atoms with van der Waals surface area (Å²) in [6.07, 6.45) is 0. The van der Waals surface area contributed by atoms with Gasteiger partial charge < -0.3 is 20.4 Å². The van der Waals surface area contributed by atoms with Crippen molar-refractivity contribution in [3.8, 4) is 11.4 Å². The highest BCUT2D eigenvalue weighted by atomic mass is 16.4. The van der Waals surface area contributed by atoms with Gasteiger partial charge in [-0.3, -0.25) is 14.4 Å². The van der Waals surface area contributed by atoms with Crippen LogP contribution in [-0.2, 0) is 4.79 Å². The van der Waals surface area contributed by atoms with Gasteiger partial charge in [0.1, 0.15) is 18.1 Å². The van der Waals surface area contributed by atoms with E-state index in [2.05, 4.69) is 20.3 Å². The number of carboxylic acid groups (broad SMARTS) is 1. The number of carbonyl (C=O) groups is 3. The van der Waals surface area contributed by atoms with Crippen molar-refractivity contribution in [2.45, 2.75) is 13.8 Å². The van der Waals surface area contributed by atoms with E-state index in [0.29, 0.717) is 28.0 Å². The number of carbonyl (C=O) groups excluding carboxylic acids is 2. The van der Waals surface area contributed by atoms with Crippen molar-refractivity contribution >= 4 is 28.7 Å². The van der Waals surface area contributed by atoms with Crippen molar-refractivity contribution in [1.29, 1.82) is 0 Å². The zero-order valence-corrected chi connectivity index (χ0v) is 16.9. The summed E-state index contributed by atoms with van der Waals surface area (Å²) in [6.45, 7) is 3.12. The molecule has 0 aliphatic carbocycles. The first kappa shape index (κ1) is 20.1. The van der Waals surface area contributed by atoms with Gasteiger partial charge in [-0.25, -0.2) is 4.98 Å². The molecule has 4 aromatic rings. The molecule has 0 radical (unpaired) electrons. The lowest BCUT2D eigenvalue weighted by molar-refractivity contribution is -0.135. The van der Waals surface area contributed by atoms with Crippen LogP contribution in [0.5, 0.6) is 0 Å². The summed E-state index contributed by atoms with van der Waals surface area (Å²) in [4.78, 5) is 46.6. The molecule has 0 fully saturated rings. The van der Waals surface area contributed by atoms with Crippen LogP contribution >= 0.6 is 0 Å². The Morgan fingerprint density at radius 3 is 2.45 bits per heavy atom. The Hall–Kier alpha value is -4.20. The molecule has 0 saturated heterocycles.